The van der Waals surface area contributed by atoms with Gasteiger partial charge in [0.25, 0.3) is 0 Å². The highest BCUT2D eigenvalue weighted by atomic mass is 16.5. The summed E-state index contributed by atoms with van der Waals surface area (Å²) in [5.41, 5.74) is 2.70. The van der Waals surface area contributed by atoms with Gasteiger partial charge in [-0.3, -0.25) is 0 Å². The van der Waals surface area contributed by atoms with E-state index in [0.29, 0.717) is 5.92 Å². The lowest BCUT2D eigenvalue weighted by atomic mass is 9.92. The van der Waals surface area contributed by atoms with Crippen LogP contribution in [-0.4, -0.2) is 27.4 Å². The van der Waals surface area contributed by atoms with Crippen molar-refractivity contribution in [3.05, 3.63) is 35.4 Å². The molecular formula is C14H22O2. The molecule has 0 spiro atoms. The first-order valence-corrected chi connectivity index (χ1v) is 5.82. The van der Waals surface area contributed by atoms with Gasteiger partial charge in [-0.05, 0) is 31.2 Å². The Labute approximate surface area is 98.6 Å². The van der Waals surface area contributed by atoms with Crippen LogP contribution in [0.2, 0.25) is 0 Å². The van der Waals surface area contributed by atoms with Gasteiger partial charge in [-0.15, -0.1) is 0 Å². The van der Waals surface area contributed by atoms with E-state index in [-0.39, 0.29) is 0 Å². The van der Waals surface area contributed by atoms with Gasteiger partial charge in [-0.1, -0.05) is 29.8 Å². The van der Waals surface area contributed by atoms with Gasteiger partial charge >= 0.3 is 0 Å². The van der Waals surface area contributed by atoms with Crippen molar-refractivity contribution in [1.29, 1.82) is 0 Å². The average molecular weight is 222 g/mol. The van der Waals surface area contributed by atoms with Crippen LogP contribution in [0.5, 0.6) is 0 Å². The van der Waals surface area contributed by atoms with Crippen molar-refractivity contribution < 1.29 is 9.47 Å². The van der Waals surface area contributed by atoms with E-state index < -0.39 is 0 Å². The Morgan fingerprint density at radius 1 is 0.938 bits per heavy atom. The molecule has 0 aliphatic carbocycles. The molecule has 2 nitrogen and oxygen atoms in total. The normalized spacial score (nSPS) is 11.0. The van der Waals surface area contributed by atoms with Crippen LogP contribution in [0.15, 0.2) is 24.3 Å². The van der Waals surface area contributed by atoms with Gasteiger partial charge in [0.1, 0.15) is 0 Å². The van der Waals surface area contributed by atoms with Crippen molar-refractivity contribution in [2.75, 3.05) is 27.4 Å². The summed E-state index contributed by atoms with van der Waals surface area (Å²) >= 11 is 0. The summed E-state index contributed by atoms with van der Waals surface area (Å²) in [6, 6.07) is 8.76. The first-order valence-electron chi connectivity index (χ1n) is 5.82. The summed E-state index contributed by atoms with van der Waals surface area (Å²) in [4.78, 5) is 0. The number of methoxy groups -OCH3 is 2. The fourth-order valence-electron chi connectivity index (χ4n) is 1.84. The standard InChI is InChI=1S/C14H22O2/c1-12-4-6-13(7-5-12)14(8-10-15-2)9-11-16-3/h4-7,14H,8-11H2,1-3H3. The topological polar surface area (TPSA) is 18.5 Å². The fraction of sp³-hybridized carbons (Fsp3) is 0.571. The number of hydrogen-bond donors (Lipinski definition) is 0. The third-order valence-electron chi connectivity index (χ3n) is 2.89. The van der Waals surface area contributed by atoms with Gasteiger partial charge in [-0.25, -0.2) is 0 Å². The maximum Gasteiger partial charge on any atom is 0.0468 e. The van der Waals surface area contributed by atoms with Gasteiger partial charge in [0.2, 0.25) is 0 Å². The smallest absolute Gasteiger partial charge is 0.0468 e. The molecule has 0 atom stereocenters. The molecule has 0 aromatic heterocycles. The van der Waals surface area contributed by atoms with E-state index in [0.717, 1.165) is 26.1 Å². The van der Waals surface area contributed by atoms with E-state index in [4.69, 9.17) is 9.47 Å². The first-order chi connectivity index (χ1) is 7.77. The van der Waals surface area contributed by atoms with Crippen molar-refractivity contribution in [3.8, 4) is 0 Å². The molecule has 0 amide bonds. The number of ether oxygens (including phenoxy) is 2. The zero-order chi connectivity index (χ0) is 11.8. The SMILES string of the molecule is COCCC(CCOC)c1ccc(C)cc1. The van der Waals surface area contributed by atoms with Crippen LogP contribution in [0, 0.1) is 6.92 Å². The number of benzene rings is 1. The Kier molecular flexibility index (Phi) is 6.12. The van der Waals surface area contributed by atoms with E-state index in [2.05, 4.69) is 31.2 Å². The first kappa shape index (κ1) is 13.2. The van der Waals surface area contributed by atoms with E-state index in [9.17, 15) is 0 Å². The summed E-state index contributed by atoms with van der Waals surface area (Å²) in [5, 5.41) is 0. The molecular weight excluding hydrogens is 200 g/mol. The Balaban J connectivity index is 2.62. The summed E-state index contributed by atoms with van der Waals surface area (Å²) in [7, 11) is 3.51. The highest BCUT2D eigenvalue weighted by Gasteiger charge is 2.10. The predicted octanol–water partition coefficient (Wildman–Crippen LogP) is 3.15. The highest BCUT2D eigenvalue weighted by Crippen LogP contribution is 2.23. The number of hydrogen-bond acceptors (Lipinski definition) is 2. The lowest BCUT2D eigenvalue weighted by Crippen LogP contribution is -2.06. The minimum atomic E-state index is 0.542. The molecule has 0 N–H and O–H groups in total. The van der Waals surface area contributed by atoms with Crippen LogP contribution in [0.3, 0.4) is 0 Å². The monoisotopic (exact) mass is 222 g/mol. The van der Waals surface area contributed by atoms with Crippen LogP contribution in [0.1, 0.15) is 29.9 Å². The highest BCUT2D eigenvalue weighted by molar-refractivity contribution is 5.24. The molecule has 0 aliphatic heterocycles. The molecule has 0 bridgehead atoms. The minimum Gasteiger partial charge on any atom is -0.385 e. The van der Waals surface area contributed by atoms with Crippen LogP contribution in [0.25, 0.3) is 0 Å². The molecule has 16 heavy (non-hydrogen) atoms. The second-order valence-corrected chi connectivity index (χ2v) is 4.17. The average Bonchev–Trinajstić information content (AvgIpc) is 2.31. The quantitative estimate of drug-likeness (QED) is 0.705. The van der Waals surface area contributed by atoms with E-state index in [1.54, 1.807) is 14.2 Å². The van der Waals surface area contributed by atoms with Crippen LogP contribution < -0.4 is 0 Å². The summed E-state index contributed by atoms with van der Waals surface area (Å²) in [5.74, 6) is 0.542. The van der Waals surface area contributed by atoms with Crippen LogP contribution >= 0.6 is 0 Å². The second-order valence-electron chi connectivity index (χ2n) is 4.17. The molecule has 2 heteroatoms. The summed E-state index contributed by atoms with van der Waals surface area (Å²) in [6.45, 7) is 3.73. The molecule has 0 saturated carbocycles. The Morgan fingerprint density at radius 3 is 1.88 bits per heavy atom. The van der Waals surface area contributed by atoms with Gasteiger partial charge in [-0.2, -0.15) is 0 Å². The largest absolute Gasteiger partial charge is 0.385 e. The summed E-state index contributed by atoms with van der Waals surface area (Å²) in [6.07, 6.45) is 2.12. The van der Waals surface area contributed by atoms with Crippen molar-refractivity contribution in [1.82, 2.24) is 0 Å². The molecule has 0 aliphatic rings. The van der Waals surface area contributed by atoms with E-state index in [1.807, 2.05) is 0 Å². The molecule has 0 heterocycles. The number of aryl methyl sites for hydroxylation is 1. The molecule has 0 saturated heterocycles. The fourth-order valence-corrected chi connectivity index (χ4v) is 1.84. The molecule has 1 aromatic carbocycles. The number of rotatable bonds is 7. The second kappa shape index (κ2) is 7.42. The minimum absolute atomic E-state index is 0.542. The maximum atomic E-state index is 5.16. The van der Waals surface area contributed by atoms with Crippen molar-refractivity contribution >= 4 is 0 Å². The Morgan fingerprint density at radius 2 is 1.44 bits per heavy atom. The van der Waals surface area contributed by atoms with Crippen LogP contribution in [0.4, 0.5) is 0 Å². The van der Waals surface area contributed by atoms with Crippen molar-refractivity contribution in [2.24, 2.45) is 0 Å². The van der Waals surface area contributed by atoms with Crippen LogP contribution in [-0.2, 0) is 9.47 Å². The third-order valence-corrected chi connectivity index (χ3v) is 2.89. The predicted molar refractivity (Wildman–Crippen MR) is 66.9 cm³/mol. The van der Waals surface area contributed by atoms with Crippen molar-refractivity contribution in [3.63, 3.8) is 0 Å². The van der Waals surface area contributed by atoms with Gasteiger partial charge in [0.05, 0.1) is 0 Å². The summed E-state index contributed by atoms with van der Waals surface area (Å²) < 4.78 is 10.3. The van der Waals surface area contributed by atoms with Gasteiger partial charge in [0.15, 0.2) is 0 Å². The van der Waals surface area contributed by atoms with E-state index in [1.165, 1.54) is 11.1 Å². The zero-order valence-corrected chi connectivity index (χ0v) is 10.5. The molecule has 1 aromatic rings. The molecule has 0 radical (unpaired) electrons. The van der Waals surface area contributed by atoms with Crippen molar-refractivity contribution in [2.45, 2.75) is 25.7 Å². The van der Waals surface area contributed by atoms with Gasteiger partial charge < -0.3 is 9.47 Å². The lowest BCUT2D eigenvalue weighted by Gasteiger charge is -2.16. The van der Waals surface area contributed by atoms with Gasteiger partial charge in [0, 0.05) is 27.4 Å². The molecule has 0 fully saturated rings. The Hall–Kier alpha value is -0.860. The maximum absolute atomic E-state index is 5.16. The Bertz CT molecular complexity index is 271. The lowest BCUT2D eigenvalue weighted by molar-refractivity contribution is 0.163. The zero-order valence-electron chi connectivity index (χ0n) is 10.5. The molecule has 1 rings (SSSR count). The molecule has 90 valence electrons. The molecule has 0 unspecified atom stereocenters. The third kappa shape index (κ3) is 4.33. The van der Waals surface area contributed by atoms with E-state index >= 15 is 0 Å².